The molecule has 17 heavy (non-hydrogen) atoms. The quantitative estimate of drug-likeness (QED) is 0.830. The van der Waals surface area contributed by atoms with Crippen molar-refractivity contribution < 1.29 is 4.74 Å². The first-order chi connectivity index (χ1) is 8.33. The van der Waals surface area contributed by atoms with Crippen LogP contribution in [0.3, 0.4) is 0 Å². The highest BCUT2D eigenvalue weighted by Gasteiger charge is 2.12. The van der Waals surface area contributed by atoms with Crippen LogP contribution in [0, 0.1) is 0 Å². The maximum atomic E-state index is 5.34. The summed E-state index contributed by atoms with van der Waals surface area (Å²) in [6.07, 6.45) is 2.08. The molecule has 1 aromatic heterocycles. The number of hydrogen-bond acceptors (Lipinski definition) is 5. The van der Waals surface area contributed by atoms with Crippen LogP contribution < -0.4 is 0 Å². The van der Waals surface area contributed by atoms with E-state index >= 15 is 0 Å². The molecule has 2 rings (SSSR count). The van der Waals surface area contributed by atoms with Gasteiger partial charge in [0, 0.05) is 36.7 Å². The van der Waals surface area contributed by atoms with Crippen molar-refractivity contribution in [3.63, 3.8) is 0 Å². The molecule has 1 aliphatic heterocycles. The SMILES string of the molecule is CCc1nc(CCN2CCOCC2)sc1CS. The lowest BCUT2D eigenvalue weighted by Crippen LogP contribution is -2.37. The van der Waals surface area contributed by atoms with Gasteiger partial charge in [0.05, 0.1) is 23.9 Å². The minimum atomic E-state index is 0.818. The number of aromatic nitrogens is 1. The van der Waals surface area contributed by atoms with Crippen LogP contribution in [0.2, 0.25) is 0 Å². The normalized spacial score (nSPS) is 17.5. The van der Waals surface area contributed by atoms with Crippen molar-refractivity contribution in [3.05, 3.63) is 15.6 Å². The Morgan fingerprint density at radius 3 is 2.76 bits per heavy atom. The Morgan fingerprint density at radius 2 is 2.18 bits per heavy atom. The van der Waals surface area contributed by atoms with E-state index in [1.165, 1.54) is 15.6 Å². The van der Waals surface area contributed by atoms with Crippen LogP contribution >= 0.6 is 24.0 Å². The second-order valence-electron chi connectivity index (χ2n) is 4.19. The number of morpholine rings is 1. The zero-order chi connectivity index (χ0) is 12.1. The van der Waals surface area contributed by atoms with Crippen molar-refractivity contribution in [2.75, 3.05) is 32.8 Å². The average molecular weight is 272 g/mol. The molecule has 96 valence electrons. The third-order valence-electron chi connectivity index (χ3n) is 3.05. The summed E-state index contributed by atoms with van der Waals surface area (Å²) >= 11 is 6.19. The molecule has 1 fully saturated rings. The van der Waals surface area contributed by atoms with Gasteiger partial charge in [0.15, 0.2) is 0 Å². The number of ether oxygens (including phenoxy) is 1. The van der Waals surface area contributed by atoms with E-state index in [9.17, 15) is 0 Å². The van der Waals surface area contributed by atoms with Crippen LogP contribution in [0.5, 0.6) is 0 Å². The molecule has 0 saturated carbocycles. The zero-order valence-electron chi connectivity index (χ0n) is 10.3. The largest absolute Gasteiger partial charge is 0.379 e. The van der Waals surface area contributed by atoms with Crippen molar-refractivity contribution >= 4 is 24.0 Å². The van der Waals surface area contributed by atoms with E-state index in [0.29, 0.717) is 0 Å². The highest BCUT2D eigenvalue weighted by molar-refractivity contribution is 7.79. The molecule has 1 aliphatic rings. The molecular weight excluding hydrogens is 252 g/mol. The maximum absolute atomic E-state index is 5.34. The molecule has 0 spiro atoms. The first-order valence-corrected chi connectivity index (χ1v) is 7.66. The predicted molar refractivity (Wildman–Crippen MR) is 75.1 cm³/mol. The Labute approximate surface area is 113 Å². The van der Waals surface area contributed by atoms with Gasteiger partial charge in [-0.3, -0.25) is 4.90 Å². The number of thiol groups is 1. The van der Waals surface area contributed by atoms with Crippen LogP contribution in [0.25, 0.3) is 0 Å². The van der Waals surface area contributed by atoms with Gasteiger partial charge in [0.1, 0.15) is 0 Å². The van der Waals surface area contributed by atoms with Crippen molar-refractivity contribution in [1.82, 2.24) is 9.88 Å². The van der Waals surface area contributed by atoms with Gasteiger partial charge in [0.2, 0.25) is 0 Å². The van der Waals surface area contributed by atoms with Crippen molar-refractivity contribution in [1.29, 1.82) is 0 Å². The van der Waals surface area contributed by atoms with Crippen molar-refractivity contribution in [3.8, 4) is 0 Å². The topological polar surface area (TPSA) is 25.4 Å². The van der Waals surface area contributed by atoms with Crippen molar-refractivity contribution in [2.24, 2.45) is 0 Å². The number of rotatable bonds is 5. The highest BCUT2D eigenvalue weighted by Crippen LogP contribution is 2.21. The summed E-state index contributed by atoms with van der Waals surface area (Å²) in [5, 5.41) is 1.26. The summed E-state index contributed by atoms with van der Waals surface area (Å²) in [7, 11) is 0. The van der Waals surface area contributed by atoms with E-state index in [4.69, 9.17) is 9.72 Å². The molecule has 0 N–H and O–H groups in total. The smallest absolute Gasteiger partial charge is 0.0944 e. The van der Waals surface area contributed by atoms with Gasteiger partial charge in [-0.25, -0.2) is 4.98 Å². The molecule has 0 aliphatic carbocycles. The highest BCUT2D eigenvalue weighted by atomic mass is 32.1. The van der Waals surface area contributed by atoms with Crippen LogP contribution in [0.15, 0.2) is 0 Å². The molecule has 2 heterocycles. The molecular formula is C12H20N2OS2. The lowest BCUT2D eigenvalue weighted by Gasteiger charge is -2.25. The van der Waals surface area contributed by atoms with E-state index < -0.39 is 0 Å². The van der Waals surface area contributed by atoms with Crippen LogP contribution in [0.4, 0.5) is 0 Å². The summed E-state index contributed by atoms with van der Waals surface area (Å²) < 4.78 is 5.34. The third kappa shape index (κ3) is 3.68. The van der Waals surface area contributed by atoms with E-state index in [2.05, 4.69) is 24.5 Å². The Morgan fingerprint density at radius 1 is 1.41 bits per heavy atom. The van der Waals surface area contributed by atoms with Gasteiger partial charge in [-0.05, 0) is 6.42 Å². The standard InChI is InChI=1S/C12H20N2OS2/c1-2-10-11(9-16)17-12(13-10)3-4-14-5-7-15-8-6-14/h16H,2-9H2,1H3. The molecule has 0 radical (unpaired) electrons. The lowest BCUT2D eigenvalue weighted by molar-refractivity contribution is 0.0384. The van der Waals surface area contributed by atoms with Crippen LogP contribution in [-0.2, 0) is 23.3 Å². The van der Waals surface area contributed by atoms with Crippen molar-refractivity contribution in [2.45, 2.75) is 25.5 Å². The minimum absolute atomic E-state index is 0.818. The summed E-state index contributed by atoms with van der Waals surface area (Å²) in [4.78, 5) is 8.49. The van der Waals surface area contributed by atoms with Gasteiger partial charge >= 0.3 is 0 Å². The first-order valence-electron chi connectivity index (χ1n) is 6.22. The molecule has 3 nitrogen and oxygen atoms in total. The van der Waals surface area contributed by atoms with Crippen LogP contribution in [0.1, 0.15) is 22.5 Å². The van der Waals surface area contributed by atoms with E-state index in [1.54, 1.807) is 0 Å². The number of hydrogen-bond donors (Lipinski definition) is 1. The fourth-order valence-corrected chi connectivity index (χ4v) is 3.40. The van der Waals surface area contributed by atoms with Gasteiger partial charge in [0.25, 0.3) is 0 Å². The minimum Gasteiger partial charge on any atom is -0.379 e. The van der Waals surface area contributed by atoms with Gasteiger partial charge in [-0.1, -0.05) is 6.92 Å². The summed E-state index contributed by atoms with van der Waals surface area (Å²) in [6, 6.07) is 0. The fraction of sp³-hybridized carbons (Fsp3) is 0.750. The summed E-state index contributed by atoms with van der Waals surface area (Å²) in [5.74, 6) is 0.818. The molecule has 0 atom stereocenters. The van der Waals surface area contributed by atoms with Gasteiger partial charge < -0.3 is 4.74 Å². The molecule has 5 heteroatoms. The summed E-state index contributed by atoms with van der Waals surface area (Å²) in [5.41, 5.74) is 1.24. The van der Waals surface area contributed by atoms with Gasteiger partial charge in [-0.15, -0.1) is 11.3 Å². The second kappa shape index (κ2) is 6.73. The van der Waals surface area contributed by atoms with E-state index in [-0.39, 0.29) is 0 Å². The average Bonchev–Trinajstić information content (AvgIpc) is 2.80. The predicted octanol–water partition coefficient (Wildman–Crippen LogP) is 2.01. The zero-order valence-corrected chi connectivity index (χ0v) is 12.0. The van der Waals surface area contributed by atoms with Gasteiger partial charge in [-0.2, -0.15) is 12.6 Å². The third-order valence-corrected chi connectivity index (χ3v) is 4.73. The molecule has 1 aromatic rings. The Bertz CT molecular complexity index is 327. The maximum Gasteiger partial charge on any atom is 0.0944 e. The fourth-order valence-electron chi connectivity index (χ4n) is 2.02. The van der Waals surface area contributed by atoms with E-state index in [1.807, 2.05) is 11.3 Å². The molecule has 1 saturated heterocycles. The second-order valence-corrected chi connectivity index (χ2v) is 5.68. The van der Waals surface area contributed by atoms with E-state index in [0.717, 1.165) is 51.4 Å². The van der Waals surface area contributed by atoms with Crippen LogP contribution in [-0.4, -0.2) is 42.7 Å². The number of aryl methyl sites for hydroxylation is 1. The molecule has 0 unspecified atom stereocenters. The molecule has 0 bridgehead atoms. The Kier molecular flexibility index (Phi) is 5.28. The monoisotopic (exact) mass is 272 g/mol. The Hall–Kier alpha value is -0.100. The summed E-state index contributed by atoms with van der Waals surface area (Å²) in [6.45, 7) is 7.14. The Balaban J connectivity index is 1.87. The number of nitrogens with zero attached hydrogens (tertiary/aromatic N) is 2. The molecule has 0 amide bonds. The number of thiazole rings is 1. The molecule has 0 aromatic carbocycles. The first kappa shape index (κ1) is 13.3. The lowest BCUT2D eigenvalue weighted by atomic mass is 10.3.